The van der Waals surface area contributed by atoms with Crippen LogP contribution in [0, 0.1) is 10.1 Å². The Bertz CT molecular complexity index is 953. The third-order valence-corrected chi connectivity index (χ3v) is 3.94. The standard InChI is InChI=1S/C18H15F3N4O3/c1-24(10-12-2-6-14(7-3-12)18(19,20)21)11-16-22-17(23-28-16)13-4-8-15(9-5-13)25(26)27/h2-9H,10-11H2,1H3. The number of benzene rings is 2. The molecular formula is C18H15F3N4O3. The second kappa shape index (κ2) is 7.77. The van der Waals surface area contributed by atoms with E-state index in [2.05, 4.69) is 10.1 Å². The smallest absolute Gasteiger partial charge is 0.338 e. The molecule has 0 N–H and O–H groups in total. The second-order valence-corrected chi connectivity index (χ2v) is 6.18. The van der Waals surface area contributed by atoms with Crippen molar-refractivity contribution in [2.75, 3.05) is 7.05 Å². The molecule has 3 aromatic rings. The van der Waals surface area contributed by atoms with Gasteiger partial charge in [0.15, 0.2) is 0 Å². The first kappa shape index (κ1) is 19.5. The molecule has 0 radical (unpaired) electrons. The van der Waals surface area contributed by atoms with Gasteiger partial charge in [-0.3, -0.25) is 15.0 Å². The van der Waals surface area contributed by atoms with E-state index < -0.39 is 16.7 Å². The molecule has 0 bridgehead atoms. The third kappa shape index (κ3) is 4.71. The predicted octanol–water partition coefficient (Wildman–Crippen LogP) is 4.30. The molecule has 0 saturated heterocycles. The van der Waals surface area contributed by atoms with Crippen molar-refractivity contribution < 1.29 is 22.6 Å². The highest BCUT2D eigenvalue weighted by molar-refractivity contribution is 5.56. The molecule has 0 atom stereocenters. The lowest BCUT2D eigenvalue weighted by Gasteiger charge is -2.14. The molecule has 1 aromatic heterocycles. The SMILES string of the molecule is CN(Cc1ccc(C(F)(F)F)cc1)Cc1nc(-c2ccc([N+](=O)[O-])cc2)no1. The minimum absolute atomic E-state index is 0.0382. The predicted molar refractivity (Wildman–Crippen MR) is 93.0 cm³/mol. The molecule has 10 heteroatoms. The highest BCUT2D eigenvalue weighted by Crippen LogP contribution is 2.29. The van der Waals surface area contributed by atoms with Crippen molar-refractivity contribution in [3.05, 3.63) is 75.7 Å². The first-order valence-electron chi connectivity index (χ1n) is 8.14. The maximum absolute atomic E-state index is 12.6. The quantitative estimate of drug-likeness (QED) is 0.459. The molecule has 0 aliphatic rings. The Balaban J connectivity index is 1.62. The van der Waals surface area contributed by atoms with E-state index in [4.69, 9.17) is 4.52 Å². The Morgan fingerprint density at radius 1 is 1.07 bits per heavy atom. The third-order valence-electron chi connectivity index (χ3n) is 3.94. The van der Waals surface area contributed by atoms with Crippen LogP contribution in [0.5, 0.6) is 0 Å². The van der Waals surface area contributed by atoms with E-state index in [1.54, 1.807) is 7.05 Å². The van der Waals surface area contributed by atoms with Crippen molar-refractivity contribution in [3.8, 4) is 11.4 Å². The molecule has 0 spiro atoms. The summed E-state index contributed by atoms with van der Waals surface area (Å²) in [5.74, 6) is 0.621. The summed E-state index contributed by atoms with van der Waals surface area (Å²) >= 11 is 0. The Kier molecular flexibility index (Phi) is 5.41. The van der Waals surface area contributed by atoms with Crippen molar-refractivity contribution in [1.29, 1.82) is 0 Å². The van der Waals surface area contributed by atoms with Crippen molar-refractivity contribution in [2.45, 2.75) is 19.3 Å². The highest BCUT2D eigenvalue weighted by atomic mass is 19.4. The molecule has 3 rings (SSSR count). The highest BCUT2D eigenvalue weighted by Gasteiger charge is 2.29. The number of hydrogen-bond acceptors (Lipinski definition) is 6. The lowest BCUT2D eigenvalue weighted by molar-refractivity contribution is -0.384. The van der Waals surface area contributed by atoms with Crippen LogP contribution in [-0.4, -0.2) is 27.0 Å². The monoisotopic (exact) mass is 392 g/mol. The molecule has 7 nitrogen and oxygen atoms in total. The molecule has 28 heavy (non-hydrogen) atoms. The minimum atomic E-state index is -4.36. The Morgan fingerprint density at radius 2 is 1.71 bits per heavy atom. The number of halogens is 3. The van der Waals surface area contributed by atoms with E-state index in [9.17, 15) is 23.3 Å². The summed E-state index contributed by atoms with van der Waals surface area (Å²) in [5.41, 5.74) is 0.559. The maximum atomic E-state index is 12.6. The van der Waals surface area contributed by atoms with Gasteiger partial charge in [0.2, 0.25) is 11.7 Å². The zero-order chi connectivity index (χ0) is 20.3. The summed E-state index contributed by atoms with van der Waals surface area (Å²) in [7, 11) is 1.77. The lowest BCUT2D eigenvalue weighted by Crippen LogP contribution is -2.17. The molecule has 0 saturated carbocycles. The molecule has 146 valence electrons. The lowest BCUT2D eigenvalue weighted by atomic mass is 10.1. The molecule has 0 amide bonds. The average Bonchev–Trinajstić information content (AvgIpc) is 3.09. The van der Waals surface area contributed by atoms with Crippen LogP contribution in [0.2, 0.25) is 0 Å². The summed E-state index contributed by atoms with van der Waals surface area (Å²) in [6, 6.07) is 10.7. The number of alkyl halides is 3. The first-order chi connectivity index (χ1) is 13.2. The molecule has 2 aromatic carbocycles. The van der Waals surface area contributed by atoms with Gasteiger partial charge in [0.25, 0.3) is 5.69 Å². The number of hydrogen-bond donors (Lipinski definition) is 0. The van der Waals surface area contributed by atoms with Crippen LogP contribution in [0.25, 0.3) is 11.4 Å². The number of rotatable bonds is 6. The zero-order valence-electron chi connectivity index (χ0n) is 14.7. The summed E-state index contributed by atoms with van der Waals surface area (Å²) in [5, 5.41) is 14.5. The Labute approximate surface area is 157 Å². The van der Waals surface area contributed by atoms with Crippen LogP contribution in [0.4, 0.5) is 18.9 Å². The second-order valence-electron chi connectivity index (χ2n) is 6.18. The van der Waals surface area contributed by atoms with Crippen LogP contribution >= 0.6 is 0 Å². The Hall–Kier alpha value is -3.27. The van der Waals surface area contributed by atoms with Crippen LogP contribution in [0.15, 0.2) is 53.1 Å². The normalized spacial score (nSPS) is 11.8. The fourth-order valence-corrected chi connectivity index (χ4v) is 2.57. The van der Waals surface area contributed by atoms with Gasteiger partial charge in [-0.25, -0.2) is 0 Å². The number of aromatic nitrogens is 2. The van der Waals surface area contributed by atoms with Crippen LogP contribution in [-0.2, 0) is 19.3 Å². The molecule has 0 unspecified atom stereocenters. The number of nitrogens with zero attached hydrogens (tertiary/aromatic N) is 4. The van der Waals surface area contributed by atoms with E-state index in [0.29, 0.717) is 35.9 Å². The fourth-order valence-electron chi connectivity index (χ4n) is 2.57. The fraction of sp³-hybridized carbons (Fsp3) is 0.222. The van der Waals surface area contributed by atoms with Crippen LogP contribution in [0.3, 0.4) is 0 Å². The molecule has 1 heterocycles. The van der Waals surface area contributed by atoms with Gasteiger partial charge in [0.1, 0.15) is 0 Å². The van der Waals surface area contributed by atoms with Gasteiger partial charge in [-0.15, -0.1) is 0 Å². The van der Waals surface area contributed by atoms with Crippen LogP contribution < -0.4 is 0 Å². The summed E-state index contributed by atoms with van der Waals surface area (Å²) in [6.45, 7) is 0.689. The van der Waals surface area contributed by atoms with E-state index in [0.717, 1.165) is 12.1 Å². The summed E-state index contributed by atoms with van der Waals surface area (Å²) in [4.78, 5) is 16.2. The maximum Gasteiger partial charge on any atom is 0.416 e. The van der Waals surface area contributed by atoms with Gasteiger partial charge in [-0.2, -0.15) is 18.2 Å². The largest absolute Gasteiger partial charge is 0.416 e. The van der Waals surface area contributed by atoms with Crippen molar-refractivity contribution in [2.24, 2.45) is 0 Å². The van der Waals surface area contributed by atoms with E-state index in [1.165, 1.54) is 36.4 Å². The number of non-ortho nitro benzene ring substituents is 1. The first-order valence-corrected chi connectivity index (χ1v) is 8.14. The molecule has 0 aliphatic carbocycles. The van der Waals surface area contributed by atoms with Gasteiger partial charge in [0.05, 0.1) is 17.0 Å². The van der Waals surface area contributed by atoms with Gasteiger partial charge < -0.3 is 4.52 Å². The minimum Gasteiger partial charge on any atom is -0.338 e. The van der Waals surface area contributed by atoms with Crippen molar-refractivity contribution in [1.82, 2.24) is 15.0 Å². The summed E-state index contributed by atoms with van der Waals surface area (Å²) in [6.07, 6.45) is -4.36. The average molecular weight is 392 g/mol. The topological polar surface area (TPSA) is 85.3 Å². The van der Waals surface area contributed by atoms with Gasteiger partial charge in [0, 0.05) is 24.2 Å². The molecule has 0 fully saturated rings. The Morgan fingerprint density at radius 3 is 2.29 bits per heavy atom. The van der Waals surface area contributed by atoms with Gasteiger partial charge in [-0.05, 0) is 36.9 Å². The van der Waals surface area contributed by atoms with Crippen molar-refractivity contribution >= 4 is 5.69 Å². The number of nitro benzene ring substituents is 1. The molecular weight excluding hydrogens is 377 g/mol. The van der Waals surface area contributed by atoms with Crippen molar-refractivity contribution in [3.63, 3.8) is 0 Å². The van der Waals surface area contributed by atoms with Crippen LogP contribution in [0.1, 0.15) is 17.0 Å². The van der Waals surface area contributed by atoms with E-state index in [-0.39, 0.29) is 5.69 Å². The molecule has 0 aliphatic heterocycles. The van der Waals surface area contributed by atoms with E-state index >= 15 is 0 Å². The zero-order valence-corrected chi connectivity index (χ0v) is 14.7. The summed E-state index contributed by atoms with van der Waals surface area (Å²) < 4.78 is 43.0. The van der Waals surface area contributed by atoms with Gasteiger partial charge in [-0.1, -0.05) is 17.3 Å². The van der Waals surface area contributed by atoms with Gasteiger partial charge >= 0.3 is 6.18 Å². The van der Waals surface area contributed by atoms with E-state index in [1.807, 2.05) is 4.90 Å². The number of nitro groups is 1.